The molecule has 192 valence electrons. The first-order valence-electron chi connectivity index (χ1n) is 12.1. The largest absolute Gasteiger partial charge is 0.354 e. The number of amides is 2. The van der Waals surface area contributed by atoms with E-state index in [1.54, 1.807) is 19.1 Å². The number of nitrogens with zero attached hydrogens (tertiary/aromatic N) is 2. The van der Waals surface area contributed by atoms with Crippen LogP contribution in [0.25, 0.3) is 10.8 Å². The van der Waals surface area contributed by atoms with Gasteiger partial charge >= 0.3 is 0 Å². The van der Waals surface area contributed by atoms with E-state index in [-0.39, 0.29) is 18.4 Å². The second-order valence-corrected chi connectivity index (χ2v) is 11.3. The monoisotopic (exact) mass is 509 g/mol. The van der Waals surface area contributed by atoms with Crippen molar-refractivity contribution in [3.63, 3.8) is 0 Å². The zero-order valence-corrected chi connectivity index (χ0v) is 22.2. The van der Waals surface area contributed by atoms with E-state index >= 15 is 0 Å². The minimum Gasteiger partial charge on any atom is -0.354 e. The van der Waals surface area contributed by atoms with E-state index in [0.29, 0.717) is 18.7 Å². The molecule has 0 radical (unpaired) electrons. The Bertz CT molecular complexity index is 1290. The van der Waals surface area contributed by atoms with Crippen LogP contribution in [0.2, 0.25) is 0 Å². The topological polar surface area (TPSA) is 86.8 Å². The molecular formula is C28H35N3O4S. The van der Waals surface area contributed by atoms with Crippen molar-refractivity contribution in [2.75, 3.05) is 30.2 Å². The van der Waals surface area contributed by atoms with Gasteiger partial charge in [-0.1, -0.05) is 80.6 Å². The van der Waals surface area contributed by atoms with Gasteiger partial charge in [-0.25, -0.2) is 8.42 Å². The highest BCUT2D eigenvalue weighted by molar-refractivity contribution is 7.92. The molecule has 0 aliphatic carbocycles. The van der Waals surface area contributed by atoms with Gasteiger partial charge in [0.15, 0.2) is 0 Å². The Balaban J connectivity index is 1.91. The van der Waals surface area contributed by atoms with Gasteiger partial charge in [-0.2, -0.15) is 0 Å². The molecule has 0 aromatic heterocycles. The molecule has 0 heterocycles. The molecule has 0 fully saturated rings. The zero-order chi connectivity index (χ0) is 26.3. The third kappa shape index (κ3) is 7.07. The Labute approximate surface area is 214 Å². The van der Waals surface area contributed by atoms with Crippen LogP contribution >= 0.6 is 0 Å². The molecule has 3 rings (SSSR count). The average Bonchev–Trinajstić information content (AvgIpc) is 2.85. The van der Waals surface area contributed by atoms with E-state index in [4.69, 9.17) is 0 Å². The molecule has 2 amide bonds. The summed E-state index contributed by atoms with van der Waals surface area (Å²) in [5.41, 5.74) is 1.46. The number of anilines is 1. The molecule has 0 unspecified atom stereocenters. The molecule has 0 spiro atoms. The van der Waals surface area contributed by atoms with Gasteiger partial charge < -0.3 is 10.2 Å². The molecule has 0 saturated carbocycles. The van der Waals surface area contributed by atoms with E-state index < -0.39 is 28.5 Å². The summed E-state index contributed by atoms with van der Waals surface area (Å²) in [5.74, 6) is -0.431. The summed E-state index contributed by atoms with van der Waals surface area (Å²) in [6.45, 7) is 6.06. The third-order valence-corrected chi connectivity index (χ3v) is 7.18. The van der Waals surface area contributed by atoms with Crippen molar-refractivity contribution in [3.05, 3.63) is 78.4 Å². The summed E-state index contributed by atoms with van der Waals surface area (Å²) in [6.07, 6.45) is 1.64. The number of fused-ring (bicyclic) bond motifs is 1. The van der Waals surface area contributed by atoms with Crippen molar-refractivity contribution in [1.82, 2.24) is 10.2 Å². The second kappa shape index (κ2) is 12.0. The number of carbonyl (C=O) groups is 2. The molecule has 8 heteroatoms. The number of carbonyl (C=O) groups excluding carboxylic acids is 2. The Morgan fingerprint density at radius 2 is 1.53 bits per heavy atom. The van der Waals surface area contributed by atoms with Crippen molar-refractivity contribution >= 4 is 38.3 Å². The fourth-order valence-corrected chi connectivity index (χ4v) is 4.90. The summed E-state index contributed by atoms with van der Waals surface area (Å²) in [6, 6.07) is 21.8. The first-order valence-corrected chi connectivity index (χ1v) is 14.0. The van der Waals surface area contributed by atoms with Gasteiger partial charge in [-0.05, 0) is 36.3 Å². The lowest BCUT2D eigenvalue weighted by atomic mass is 10.1. The number of sulfonamides is 1. The predicted octanol–water partition coefficient (Wildman–Crippen LogP) is 3.84. The van der Waals surface area contributed by atoms with Gasteiger partial charge in [-0.15, -0.1) is 0 Å². The van der Waals surface area contributed by atoms with E-state index in [1.807, 2.05) is 74.5 Å². The normalized spacial score (nSPS) is 12.4. The Morgan fingerprint density at radius 3 is 2.19 bits per heavy atom. The van der Waals surface area contributed by atoms with Crippen LogP contribution in [0.15, 0.2) is 72.8 Å². The molecule has 36 heavy (non-hydrogen) atoms. The Morgan fingerprint density at radius 1 is 0.889 bits per heavy atom. The van der Waals surface area contributed by atoms with E-state index in [9.17, 15) is 18.0 Å². The van der Waals surface area contributed by atoms with Crippen LogP contribution in [0.4, 0.5) is 5.69 Å². The van der Waals surface area contributed by atoms with Crippen LogP contribution in [0.3, 0.4) is 0 Å². The van der Waals surface area contributed by atoms with Crippen LogP contribution in [-0.4, -0.2) is 57.1 Å². The van der Waals surface area contributed by atoms with Crippen LogP contribution in [0.5, 0.6) is 0 Å². The fourth-order valence-electron chi connectivity index (χ4n) is 4.04. The molecule has 0 saturated heterocycles. The number of nitrogens with one attached hydrogen (secondary N) is 1. The van der Waals surface area contributed by atoms with Gasteiger partial charge in [0.25, 0.3) is 0 Å². The second-order valence-electron chi connectivity index (χ2n) is 9.41. The summed E-state index contributed by atoms with van der Waals surface area (Å²) in [5, 5.41) is 4.50. The first-order chi connectivity index (χ1) is 17.1. The maximum absolute atomic E-state index is 13.7. The highest BCUT2D eigenvalue weighted by atomic mass is 32.2. The molecule has 1 N–H and O–H groups in total. The van der Waals surface area contributed by atoms with Crippen molar-refractivity contribution < 1.29 is 18.0 Å². The van der Waals surface area contributed by atoms with Gasteiger partial charge in [0.2, 0.25) is 21.8 Å². The molecule has 3 aromatic rings. The van der Waals surface area contributed by atoms with Crippen LogP contribution in [-0.2, 0) is 26.0 Å². The smallest absolute Gasteiger partial charge is 0.244 e. The van der Waals surface area contributed by atoms with Crippen molar-refractivity contribution in [2.45, 2.75) is 33.2 Å². The molecule has 3 aromatic carbocycles. The Hall–Kier alpha value is -3.39. The average molecular weight is 510 g/mol. The summed E-state index contributed by atoms with van der Waals surface area (Å²) < 4.78 is 26.9. The highest BCUT2D eigenvalue weighted by Crippen LogP contribution is 2.28. The van der Waals surface area contributed by atoms with E-state index in [2.05, 4.69) is 5.32 Å². The third-order valence-electron chi connectivity index (χ3n) is 6.05. The van der Waals surface area contributed by atoms with Crippen molar-refractivity contribution in [3.8, 4) is 0 Å². The predicted molar refractivity (Wildman–Crippen MR) is 145 cm³/mol. The van der Waals surface area contributed by atoms with Crippen molar-refractivity contribution in [1.29, 1.82) is 0 Å². The SMILES string of the molecule is CC(C)CNC(=O)[C@@H](C)N(CCc1ccccc1)C(=O)CN(c1cccc2ccccc12)S(C)(=O)=O. The van der Waals surface area contributed by atoms with Gasteiger partial charge in [0.05, 0.1) is 11.9 Å². The van der Waals surface area contributed by atoms with E-state index in [1.165, 1.54) is 4.90 Å². The quantitative estimate of drug-likeness (QED) is 0.426. The molecule has 0 aliphatic rings. The summed E-state index contributed by atoms with van der Waals surface area (Å²) in [7, 11) is -3.79. The molecule has 0 aliphatic heterocycles. The molecular weight excluding hydrogens is 474 g/mol. The molecule has 1 atom stereocenters. The zero-order valence-electron chi connectivity index (χ0n) is 21.3. The highest BCUT2D eigenvalue weighted by Gasteiger charge is 2.30. The standard InChI is InChI=1S/C28H35N3O4S/c1-21(2)19-29-28(33)22(3)30(18-17-23-11-6-5-7-12-23)27(32)20-31(36(4,34)35)26-16-10-14-24-13-8-9-15-25(24)26/h5-16,21-22H,17-20H2,1-4H3,(H,29,33)/t22-/m1/s1. The maximum Gasteiger partial charge on any atom is 0.244 e. The summed E-state index contributed by atoms with van der Waals surface area (Å²) in [4.78, 5) is 28.0. The maximum atomic E-state index is 13.7. The first kappa shape index (κ1) is 27.2. The number of rotatable bonds is 11. The molecule has 7 nitrogen and oxygen atoms in total. The molecule has 0 bridgehead atoms. The van der Waals surface area contributed by atoms with Crippen LogP contribution in [0.1, 0.15) is 26.3 Å². The lowest BCUT2D eigenvalue weighted by molar-refractivity contribution is -0.138. The summed E-state index contributed by atoms with van der Waals surface area (Å²) >= 11 is 0. The lowest BCUT2D eigenvalue weighted by Crippen LogP contribution is -2.52. The van der Waals surface area contributed by atoms with Crippen LogP contribution in [0, 0.1) is 5.92 Å². The fraction of sp³-hybridized carbons (Fsp3) is 0.357. The van der Waals surface area contributed by atoms with Crippen molar-refractivity contribution in [2.24, 2.45) is 5.92 Å². The minimum atomic E-state index is -3.79. The minimum absolute atomic E-state index is 0.263. The van der Waals surface area contributed by atoms with Gasteiger partial charge in [0, 0.05) is 18.5 Å². The van der Waals surface area contributed by atoms with Gasteiger partial charge in [-0.3, -0.25) is 13.9 Å². The lowest BCUT2D eigenvalue weighted by Gasteiger charge is -2.32. The number of hydrogen-bond acceptors (Lipinski definition) is 4. The van der Waals surface area contributed by atoms with E-state index in [0.717, 1.165) is 26.9 Å². The van der Waals surface area contributed by atoms with Gasteiger partial charge in [0.1, 0.15) is 12.6 Å². The number of benzene rings is 3. The van der Waals surface area contributed by atoms with Crippen LogP contribution < -0.4 is 9.62 Å². The number of hydrogen-bond donors (Lipinski definition) is 1. The Kier molecular flexibility index (Phi) is 9.09.